The first-order chi connectivity index (χ1) is 20.6. The van der Waals surface area contributed by atoms with Gasteiger partial charge in [0.2, 0.25) is 0 Å². The number of benzene rings is 2. The molecular formula is C24H26Cl2N12O8. The van der Waals surface area contributed by atoms with Crippen molar-refractivity contribution in [2.24, 2.45) is 38.4 Å². The van der Waals surface area contributed by atoms with Crippen LogP contribution in [0.3, 0.4) is 0 Å². The highest BCUT2D eigenvalue weighted by Gasteiger charge is 2.19. The Morgan fingerprint density at radius 3 is 1.13 bits per heavy atom. The third-order valence-corrected chi connectivity index (χ3v) is 6.13. The van der Waals surface area contributed by atoms with Gasteiger partial charge in [-0.15, -0.1) is 0 Å². The number of non-ortho nitro benzene ring substituents is 2. The van der Waals surface area contributed by atoms with Gasteiger partial charge in [-0.1, -0.05) is 10.2 Å². The fraction of sp³-hybridized carbons (Fsp3) is 0.167. The standard InChI is InChI=1S/2C12H12N6O4.2ClH/c2*1-16-10(13)9(11(19)17(2)12(16)20)15-14-7-3-5-8(6-4-7)18(21)22;;/h2*3-6H,13H2,1-2H3;2*1H. The van der Waals surface area contributed by atoms with Crippen LogP contribution in [-0.4, -0.2) is 28.1 Å². The van der Waals surface area contributed by atoms with Crippen molar-refractivity contribution in [3.8, 4) is 0 Å². The maximum atomic E-state index is 12.0. The number of nitrogens with one attached hydrogen (secondary N) is 2. The second-order valence-electron chi connectivity index (χ2n) is 8.93. The Morgan fingerprint density at radius 1 is 0.587 bits per heavy atom. The maximum absolute atomic E-state index is 12.0. The first-order valence-corrected chi connectivity index (χ1v) is 12.2. The molecule has 0 amide bonds. The lowest BCUT2D eigenvalue weighted by atomic mass is 10.3. The van der Waals surface area contributed by atoms with Crippen molar-refractivity contribution in [1.82, 2.24) is 18.3 Å². The van der Waals surface area contributed by atoms with Gasteiger partial charge in [-0.3, -0.25) is 48.1 Å². The molecule has 244 valence electrons. The number of nitro benzene ring substituents is 2. The van der Waals surface area contributed by atoms with E-state index in [-0.39, 0.29) is 59.2 Å². The van der Waals surface area contributed by atoms with Gasteiger partial charge in [0, 0.05) is 52.5 Å². The van der Waals surface area contributed by atoms with Crippen molar-refractivity contribution < 1.29 is 44.9 Å². The zero-order valence-corrected chi connectivity index (χ0v) is 25.9. The van der Waals surface area contributed by atoms with Crippen LogP contribution < -0.4 is 69.0 Å². The van der Waals surface area contributed by atoms with E-state index in [1.165, 1.54) is 76.7 Å². The van der Waals surface area contributed by atoms with E-state index in [1.54, 1.807) is 0 Å². The Hall–Kier alpha value is -6.02. The number of hydrogen-bond donors (Lipinski definition) is 4. The lowest BCUT2D eigenvalue weighted by molar-refractivity contribution is -0.434. The van der Waals surface area contributed by atoms with Crippen LogP contribution in [0.15, 0.2) is 77.9 Å². The quantitative estimate of drug-likeness (QED) is 0.0847. The molecule has 0 fully saturated rings. The fourth-order valence-electron chi connectivity index (χ4n) is 3.47. The van der Waals surface area contributed by atoms with Gasteiger partial charge in [-0.2, -0.15) is 0 Å². The highest BCUT2D eigenvalue weighted by Crippen LogP contribution is 2.17. The highest BCUT2D eigenvalue weighted by atomic mass is 35.5. The number of nitrogens with two attached hydrogens (primary N) is 2. The zero-order chi connectivity index (χ0) is 32.9. The SMILES string of the molecule is Cn1c(N)c([NH+]=Nc2ccc([N+](=O)[O-])cc2)c(=O)n(C)c1=O.Cn1c(N)c([NH+]=Nc2ccc([N+](=O)[O-])cc2)c(=O)n(C)c1=O.[Cl-].[Cl-]. The van der Waals surface area contributed by atoms with Gasteiger partial charge in [0.1, 0.15) is 11.4 Å². The molecule has 0 atom stereocenters. The minimum absolute atomic E-state index is 0. The molecule has 0 radical (unpaired) electrons. The summed E-state index contributed by atoms with van der Waals surface area (Å²) in [4.78, 5) is 67.3. The van der Waals surface area contributed by atoms with Crippen molar-refractivity contribution in [2.75, 3.05) is 11.5 Å². The smallest absolute Gasteiger partial charge is 0.334 e. The highest BCUT2D eigenvalue weighted by molar-refractivity contribution is 5.51. The first-order valence-electron chi connectivity index (χ1n) is 12.2. The van der Waals surface area contributed by atoms with Crippen LogP contribution in [0.4, 0.5) is 45.8 Å². The van der Waals surface area contributed by atoms with Crippen LogP contribution >= 0.6 is 0 Å². The molecule has 0 aliphatic carbocycles. The Balaban J connectivity index is 0.000000441. The second-order valence-corrected chi connectivity index (χ2v) is 8.93. The van der Waals surface area contributed by atoms with Gasteiger partial charge in [-0.25, -0.2) is 9.59 Å². The minimum Gasteiger partial charge on any atom is -1.00 e. The third kappa shape index (κ3) is 8.12. The van der Waals surface area contributed by atoms with E-state index >= 15 is 0 Å². The number of rotatable bonds is 6. The van der Waals surface area contributed by atoms with E-state index in [1.807, 2.05) is 0 Å². The first kappa shape index (κ1) is 38.0. The van der Waals surface area contributed by atoms with Crippen LogP contribution in [-0.2, 0) is 28.2 Å². The number of nitro groups is 2. The van der Waals surface area contributed by atoms with E-state index < -0.39 is 32.3 Å². The van der Waals surface area contributed by atoms with Crippen molar-refractivity contribution in [3.05, 3.63) is 110 Å². The number of nitrogen functional groups attached to an aromatic ring is 2. The largest absolute Gasteiger partial charge is 1.00 e. The third-order valence-electron chi connectivity index (χ3n) is 6.13. The molecule has 4 rings (SSSR count). The molecule has 0 saturated heterocycles. The molecule has 0 aliphatic rings. The molecule has 2 aromatic carbocycles. The molecule has 20 nitrogen and oxygen atoms in total. The van der Waals surface area contributed by atoms with E-state index in [9.17, 15) is 39.4 Å². The summed E-state index contributed by atoms with van der Waals surface area (Å²) in [6.45, 7) is 0. The molecule has 0 aliphatic heterocycles. The van der Waals surface area contributed by atoms with Crippen molar-refractivity contribution in [1.29, 1.82) is 0 Å². The van der Waals surface area contributed by atoms with Gasteiger partial charge in [0.05, 0.1) is 9.85 Å². The van der Waals surface area contributed by atoms with E-state index in [2.05, 4.69) is 20.5 Å². The molecule has 2 aromatic heterocycles. The maximum Gasteiger partial charge on any atom is 0.334 e. The average molecular weight is 681 g/mol. The zero-order valence-electron chi connectivity index (χ0n) is 24.4. The topological polar surface area (TPSA) is 279 Å². The normalized spacial score (nSPS) is 10.5. The van der Waals surface area contributed by atoms with Crippen molar-refractivity contribution in [2.45, 2.75) is 0 Å². The average Bonchev–Trinajstić information content (AvgIpc) is 3.01. The molecule has 0 bridgehead atoms. The van der Waals surface area contributed by atoms with E-state index in [0.29, 0.717) is 11.4 Å². The summed E-state index contributed by atoms with van der Waals surface area (Å²) in [5.74, 6) is -0.113. The van der Waals surface area contributed by atoms with Gasteiger partial charge in [0.25, 0.3) is 11.4 Å². The Kier molecular flexibility index (Phi) is 12.9. The van der Waals surface area contributed by atoms with Gasteiger partial charge >= 0.3 is 33.9 Å². The minimum atomic E-state index is -0.619. The van der Waals surface area contributed by atoms with Gasteiger partial charge in [-0.05, 0) is 34.5 Å². The summed E-state index contributed by atoms with van der Waals surface area (Å²) < 4.78 is 4.00. The second kappa shape index (κ2) is 15.6. The van der Waals surface area contributed by atoms with Crippen molar-refractivity contribution >= 4 is 45.8 Å². The molecule has 0 unspecified atom stereocenters. The summed E-state index contributed by atoms with van der Waals surface area (Å²) in [5, 5.41) is 34.0. The Morgan fingerprint density at radius 2 is 0.870 bits per heavy atom. The molecule has 0 saturated carbocycles. The predicted molar refractivity (Wildman–Crippen MR) is 154 cm³/mol. The number of nitrogens with zero attached hydrogens (tertiary/aromatic N) is 8. The molecular weight excluding hydrogens is 655 g/mol. The lowest BCUT2D eigenvalue weighted by Gasteiger charge is -2.03. The number of anilines is 2. The van der Waals surface area contributed by atoms with Crippen LogP contribution in [0.2, 0.25) is 0 Å². The number of aromatic nitrogens is 4. The summed E-state index contributed by atoms with van der Waals surface area (Å²) in [7, 11) is 5.49. The number of azo groups is 2. The van der Waals surface area contributed by atoms with E-state index in [0.717, 1.165) is 18.3 Å². The molecule has 22 heteroatoms. The molecule has 0 spiro atoms. The van der Waals surface area contributed by atoms with Crippen LogP contribution in [0.1, 0.15) is 0 Å². The molecule has 6 N–H and O–H groups in total. The summed E-state index contributed by atoms with van der Waals surface area (Å²) >= 11 is 0. The monoisotopic (exact) mass is 680 g/mol. The molecule has 2 heterocycles. The van der Waals surface area contributed by atoms with Gasteiger partial charge in [0.15, 0.2) is 11.6 Å². The Labute approximate surface area is 269 Å². The lowest BCUT2D eigenvalue weighted by Crippen LogP contribution is -3.00. The summed E-state index contributed by atoms with van der Waals surface area (Å²) in [5.41, 5.74) is 9.57. The fourth-order valence-corrected chi connectivity index (χ4v) is 3.47. The van der Waals surface area contributed by atoms with Crippen LogP contribution in [0.25, 0.3) is 0 Å². The van der Waals surface area contributed by atoms with Gasteiger partial charge < -0.3 is 36.3 Å². The molecule has 46 heavy (non-hydrogen) atoms. The Bertz CT molecular complexity index is 1920. The van der Waals surface area contributed by atoms with Crippen LogP contribution in [0, 0.1) is 20.2 Å². The van der Waals surface area contributed by atoms with Crippen molar-refractivity contribution in [3.63, 3.8) is 0 Å². The summed E-state index contributed by atoms with van der Waals surface area (Å²) in [6.07, 6.45) is 0. The number of halogens is 2. The van der Waals surface area contributed by atoms with E-state index in [4.69, 9.17) is 11.5 Å². The van der Waals surface area contributed by atoms with Crippen LogP contribution in [0.5, 0.6) is 0 Å². The predicted octanol–water partition coefficient (Wildman–Crippen LogP) is -7.85. The number of hydrogen-bond acceptors (Lipinski definition) is 12. The molecule has 4 aromatic rings. The summed E-state index contributed by atoms with van der Waals surface area (Å²) in [6, 6.07) is 10.8.